The summed E-state index contributed by atoms with van der Waals surface area (Å²) < 4.78 is 15.9. The number of rotatable bonds is 9. The van der Waals surface area contributed by atoms with Gasteiger partial charge in [0.15, 0.2) is 6.61 Å². The number of thiophene rings is 1. The molecule has 0 bridgehead atoms. The number of halogens is 1. The summed E-state index contributed by atoms with van der Waals surface area (Å²) in [5.41, 5.74) is 0.983. The second-order valence-corrected chi connectivity index (χ2v) is 8.38. The Hall–Kier alpha value is -3.56. The zero-order chi connectivity index (χ0) is 24.7. The Morgan fingerprint density at radius 2 is 1.71 bits per heavy atom. The third-order valence-electron chi connectivity index (χ3n) is 4.61. The summed E-state index contributed by atoms with van der Waals surface area (Å²) in [6, 6.07) is 13.6. The van der Waals surface area contributed by atoms with Gasteiger partial charge in [0.25, 0.3) is 11.8 Å². The number of anilines is 2. The molecule has 1 heterocycles. The van der Waals surface area contributed by atoms with Crippen molar-refractivity contribution in [1.29, 1.82) is 0 Å². The van der Waals surface area contributed by atoms with Crippen LogP contribution in [0.25, 0.3) is 0 Å². The number of para-hydroxylation sites is 2. The average Bonchev–Trinajstić information content (AvgIpc) is 3.15. The van der Waals surface area contributed by atoms with Gasteiger partial charge in [-0.2, -0.15) is 0 Å². The van der Waals surface area contributed by atoms with Gasteiger partial charge in [-0.05, 0) is 55.8 Å². The lowest BCUT2D eigenvalue weighted by atomic mass is 10.1. The molecule has 0 aliphatic carbocycles. The van der Waals surface area contributed by atoms with Gasteiger partial charge < -0.3 is 24.8 Å². The van der Waals surface area contributed by atoms with Crippen LogP contribution in [0.15, 0.2) is 48.5 Å². The lowest BCUT2D eigenvalue weighted by molar-refractivity contribution is -0.118. The van der Waals surface area contributed by atoms with Crippen LogP contribution in [0.4, 0.5) is 10.7 Å². The molecule has 1 aromatic heterocycles. The highest BCUT2D eigenvalue weighted by atomic mass is 35.5. The minimum atomic E-state index is -0.670. The molecule has 0 saturated carbocycles. The number of amides is 2. The van der Waals surface area contributed by atoms with Crippen molar-refractivity contribution in [3.8, 4) is 11.5 Å². The quantitative estimate of drug-likeness (QED) is 0.391. The van der Waals surface area contributed by atoms with Gasteiger partial charge in [-0.1, -0.05) is 23.7 Å². The van der Waals surface area contributed by atoms with Crippen LogP contribution in [0, 0.1) is 6.92 Å². The van der Waals surface area contributed by atoms with Gasteiger partial charge in [0, 0.05) is 5.02 Å². The fraction of sp³-hybridized carbons (Fsp3) is 0.208. The fourth-order valence-electron chi connectivity index (χ4n) is 3.04. The monoisotopic (exact) mass is 502 g/mol. The first-order valence-corrected chi connectivity index (χ1v) is 11.5. The van der Waals surface area contributed by atoms with E-state index in [4.69, 9.17) is 25.8 Å². The number of ether oxygens (including phenoxy) is 3. The highest BCUT2D eigenvalue weighted by Gasteiger charge is 2.27. The largest absolute Gasteiger partial charge is 0.492 e. The molecular formula is C24H23ClN2O6S. The van der Waals surface area contributed by atoms with Crippen LogP contribution in [-0.2, 0) is 9.53 Å². The van der Waals surface area contributed by atoms with Crippen molar-refractivity contribution in [1.82, 2.24) is 0 Å². The van der Waals surface area contributed by atoms with E-state index in [1.54, 1.807) is 55.5 Å². The smallest absolute Gasteiger partial charge is 0.341 e. The fourth-order valence-corrected chi connectivity index (χ4v) is 4.27. The number of nitrogens with one attached hydrogen (secondary N) is 2. The van der Waals surface area contributed by atoms with Gasteiger partial charge in [0.1, 0.15) is 16.5 Å². The van der Waals surface area contributed by atoms with Crippen LogP contribution in [0.1, 0.15) is 32.5 Å². The molecular weight excluding hydrogens is 480 g/mol. The maximum atomic E-state index is 13.0. The van der Waals surface area contributed by atoms with Crippen molar-refractivity contribution in [3.05, 3.63) is 69.6 Å². The van der Waals surface area contributed by atoms with Gasteiger partial charge in [-0.15, -0.1) is 11.3 Å². The SMILES string of the molecule is CCOc1ccccc1NC(=O)c1sc(NC(=O)COc2ccc(Cl)cc2)c(C(=O)OC)c1C. The highest BCUT2D eigenvalue weighted by Crippen LogP contribution is 2.35. The molecule has 2 amide bonds. The van der Waals surface area contributed by atoms with Gasteiger partial charge in [-0.25, -0.2) is 4.79 Å². The topological polar surface area (TPSA) is 103 Å². The molecule has 0 aliphatic heterocycles. The van der Waals surface area contributed by atoms with Crippen LogP contribution in [-0.4, -0.2) is 38.1 Å². The van der Waals surface area contributed by atoms with Gasteiger partial charge in [0.05, 0.1) is 29.8 Å². The molecule has 0 aliphatic rings. The number of carbonyl (C=O) groups is 3. The van der Waals surface area contributed by atoms with E-state index >= 15 is 0 Å². The summed E-state index contributed by atoms with van der Waals surface area (Å²) in [6.07, 6.45) is 0. The van der Waals surface area contributed by atoms with Crippen LogP contribution in [0.2, 0.25) is 5.02 Å². The molecule has 0 unspecified atom stereocenters. The van der Waals surface area contributed by atoms with Gasteiger partial charge >= 0.3 is 5.97 Å². The van der Waals surface area contributed by atoms with E-state index in [1.807, 2.05) is 6.92 Å². The first-order chi connectivity index (χ1) is 16.3. The molecule has 0 spiro atoms. The summed E-state index contributed by atoms with van der Waals surface area (Å²) in [5, 5.41) is 6.18. The number of carbonyl (C=O) groups excluding carboxylic acids is 3. The summed E-state index contributed by atoms with van der Waals surface area (Å²) in [6.45, 7) is 3.59. The second kappa shape index (κ2) is 11.5. The number of hydrogen-bond acceptors (Lipinski definition) is 7. The summed E-state index contributed by atoms with van der Waals surface area (Å²) in [5.74, 6) is -0.638. The Morgan fingerprint density at radius 3 is 2.38 bits per heavy atom. The van der Waals surface area contributed by atoms with Crippen LogP contribution in [0.3, 0.4) is 0 Å². The summed E-state index contributed by atoms with van der Waals surface area (Å²) in [7, 11) is 1.23. The number of esters is 1. The first-order valence-electron chi connectivity index (χ1n) is 10.3. The van der Waals surface area contributed by atoms with Crippen molar-refractivity contribution in [3.63, 3.8) is 0 Å². The third kappa shape index (κ3) is 6.06. The minimum absolute atomic E-state index is 0.107. The molecule has 2 aromatic carbocycles. The van der Waals surface area contributed by atoms with Crippen molar-refractivity contribution in [2.75, 3.05) is 31.0 Å². The van der Waals surface area contributed by atoms with Crippen molar-refractivity contribution < 1.29 is 28.6 Å². The van der Waals surface area contributed by atoms with E-state index in [0.29, 0.717) is 34.4 Å². The molecule has 8 nitrogen and oxygen atoms in total. The molecule has 2 N–H and O–H groups in total. The molecule has 0 saturated heterocycles. The minimum Gasteiger partial charge on any atom is -0.492 e. The van der Waals surface area contributed by atoms with Crippen LogP contribution in [0.5, 0.6) is 11.5 Å². The molecule has 34 heavy (non-hydrogen) atoms. The zero-order valence-electron chi connectivity index (χ0n) is 18.8. The Bertz CT molecular complexity index is 1190. The lowest BCUT2D eigenvalue weighted by Crippen LogP contribution is -2.21. The highest BCUT2D eigenvalue weighted by molar-refractivity contribution is 7.19. The molecule has 0 radical (unpaired) electrons. The molecule has 3 rings (SSSR count). The van der Waals surface area contributed by atoms with Crippen LogP contribution >= 0.6 is 22.9 Å². The number of benzene rings is 2. The molecule has 3 aromatic rings. The van der Waals surface area contributed by atoms with E-state index in [0.717, 1.165) is 11.3 Å². The zero-order valence-corrected chi connectivity index (χ0v) is 20.3. The van der Waals surface area contributed by atoms with Crippen LogP contribution < -0.4 is 20.1 Å². The second-order valence-electron chi connectivity index (χ2n) is 6.93. The van der Waals surface area contributed by atoms with E-state index in [-0.39, 0.29) is 22.0 Å². The Labute approximate surface area is 205 Å². The Kier molecular flexibility index (Phi) is 8.50. The van der Waals surface area contributed by atoms with E-state index in [2.05, 4.69) is 10.6 Å². The summed E-state index contributed by atoms with van der Waals surface area (Å²) >= 11 is 6.81. The maximum absolute atomic E-state index is 13.0. The Morgan fingerprint density at radius 1 is 1.00 bits per heavy atom. The number of hydrogen-bond donors (Lipinski definition) is 2. The van der Waals surface area contributed by atoms with Gasteiger partial charge in [0.2, 0.25) is 0 Å². The normalized spacial score (nSPS) is 10.4. The summed E-state index contributed by atoms with van der Waals surface area (Å²) in [4.78, 5) is 38.2. The maximum Gasteiger partial charge on any atom is 0.341 e. The predicted octanol–water partition coefficient (Wildman–Crippen LogP) is 5.17. The van der Waals surface area contributed by atoms with Crippen molar-refractivity contribution >= 4 is 51.4 Å². The first kappa shape index (κ1) is 25.1. The van der Waals surface area contributed by atoms with Crippen molar-refractivity contribution in [2.24, 2.45) is 0 Å². The van der Waals surface area contributed by atoms with E-state index in [1.165, 1.54) is 7.11 Å². The lowest BCUT2D eigenvalue weighted by Gasteiger charge is -2.11. The van der Waals surface area contributed by atoms with E-state index < -0.39 is 17.8 Å². The Balaban J connectivity index is 1.80. The third-order valence-corrected chi connectivity index (χ3v) is 6.07. The molecule has 10 heteroatoms. The van der Waals surface area contributed by atoms with E-state index in [9.17, 15) is 14.4 Å². The average molecular weight is 503 g/mol. The van der Waals surface area contributed by atoms with Gasteiger partial charge in [-0.3, -0.25) is 9.59 Å². The predicted molar refractivity (Wildman–Crippen MR) is 132 cm³/mol. The standard InChI is InChI=1S/C24H23ClN2O6S/c1-4-32-18-8-6-5-7-17(18)26-22(29)21-14(2)20(24(30)31-3)23(34-21)27-19(28)13-33-16-11-9-15(25)10-12-16/h5-12H,4,13H2,1-3H3,(H,26,29)(H,27,28). The molecule has 0 atom stereocenters. The molecule has 0 fully saturated rings. The molecule has 178 valence electrons. The van der Waals surface area contributed by atoms with Crippen molar-refractivity contribution in [2.45, 2.75) is 13.8 Å². The number of methoxy groups -OCH3 is 1.